The van der Waals surface area contributed by atoms with E-state index >= 15 is 0 Å². The number of carbonyl (C=O) groups excluding carboxylic acids is 1. The monoisotopic (exact) mass is 387 g/mol. The number of amides is 1. The molecule has 4 rings (SSSR count). The number of hydrogen-bond acceptors (Lipinski definition) is 7. The van der Waals surface area contributed by atoms with Crippen molar-refractivity contribution in [3.63, 3.8) is 0 Å². The highest BCUT2D eigenvalue weighted by molar-refractivity contribution is 7.17. The first-order valence-electron chi connectivity index (χ1n) is 8.61. The lowest BCUT2D eigenvalue weighted by Crippen LogP contribution is -2.30. The molecule has 2 atom stereocenters. The molecule has 4 heterocycles. The average molecular weight is 387 g/mol. The fourth-order valence-corrected chi connectivity index (χ4v) is 3.90. The zero-order valence-corrected chi connectivity index (χ0v) is 15.4. The molecule has 0 aliphatic carbocycles. The van der Waals surface area contributed by atoms with Crippen molar-refractivity contribution in [1.29, 1.82) is 0 Å². The topological polar surface area (TPSA) is 91.2 Å². The predicted molar refractivity (Wildman–Crippen MR) is 100 cm³/mol. The second kappa shape index (κ2) is 7.16. The third-order valence-corrected chi connectivity index (χ3v) is 5.44. The van der Waals surface area contributed by atoms with Gasteiger partial charge in [0.1, 0.15) is 5.82 Å². The van der Waals surface area contributed by atoms with Gasteiger partial charge in [0.05, 0.1) is 28.6 Å². The Bertz CT molecular complexity index is 995. The summed E-state index contributed by atoms with van der Waals surface area (Å²) >= 11 is 1.41. The maximum absolute atomic E-state index is 13.4. The molecule has 7 nitrogen and oxygen atoms in total. The summed E-state index contributed by atoms with van der Waals surface area (Å²) in [5, 5.41) is 14.7. The number of pyridine rings is 1. The summed E-state index contributed by atoms with van der Waals surface area (Å²) in [6.07, 6.45) is 2.79. The predicted octanol–water partition coefficient (Wildman–Crippen LogP) is 2.61. The summed E-state index contributed by atoms with van der Waals surface area (Å²) in [5.74, 6) is -0.343. The van der Waals surface area contributed by atoms with E-state index in [2.05, 4.69) is 20.3 Å². The standard InChI is InChI=1S/C18H18FN5O2S/c1-10(11-6-12(19)8-20-7-11)21-18-22-14-3-5-27-16(14)15(23-18)17(26)24-4-2-13(25)9-24/h3,5-8,10,13,25H,2,4,9H2,1H3,(H,21,22,23)/t10-,13+/m0/s1. The Morgan fingerprint density at radius 3 is 3.04 bits per heavy atom. The van der Waals surface area contributed by atoms with Crippen molar-refractivity contribution in [1.82, 2.24) is 19.9 Å². The number of rotatable bonds is 4. The van der Waals surface area contributed by atoms with Gasteiger partial charge in [0, 0.05) is 19.3 Å². The van der Waals surface area contributed by atoms with Gasteiger partial charge in [-0.2, -0.15) is 0 Å². The third-order valence-electron chi connectivity index (χ3n) is 4.53. The van der Waals surface area contributed by atoms with Crippen LogP contribution in [0.2, 0.25) is 0 Å². The number of aliphatic hydroxyl groups is 1. The summed E-state index contributed by atoms with van der Waals surface area (Å²) in [7, 11) is 0. The van der Waals surface area contributed by atoms with Crippen LogP contribution in [0, 0.1) is 5.82 Å². The third kappa shape index (κ3) is 3.60. The Kier molecular flexibility index (Phi) is 4.71. The number of halogens is 1. The van der Waals surface area contributed by atoms with Crippen LogP contribution in [0.5, 0.6) is 0 Å². The van der Waals surface area contributed by atoms with Crippen LogP contribution in [0.4, 0.5) is 10.3 Å². The first kappa shape index (κ1) is 17.7. The second-order valence-electron chi connectivity index (χ2n) is 6.53. The van der Waals surface area contributed by atoms with Crippen molar-refractivity contribution in [2.24, 2.45) is 0 Å². The molecule has 0 saturated carbocycles. The molecule has 0 bridgehead atoms. The quantitative estimate of drug-likeness (QED) is 0.715. The first-order valence-corrected chi connectivity index (χ1v) is 9.49. The van der Waals surface area contributed by atoms with E-state index in [1.54, 1.807) is 11.1 Å². The number of hydrogen-bond donors (Lipinski definition) is 2. The van der Waals surface area contributed by atoms with E-state index in [1.807, 2.05) is 18.4 Å². The number of nitrogens with one attached hydrogen (secondary N) is 1. The van der Waals surface area contributed by atoms with Crippen LogP contribution < -0.4 is 5.32 Å². The molecule has 0 unspecified atom stereocenters. The molecule has 2 N–H and O–H groups in total. The molecule has 3 aromatic rings. The average Bonchev–Trinajstić information content (AvgIpc) is 3.29. The van der Waals surface area contributed by atoms with E-state index < -0.39 is 11.9 Å². The van der Waals surface area contributed by atoms with Crippen molar-refractivity contribution in [2.75, 3.05) is 18.4 Å². The number of thiophene rings is 1. The zero-order valence-electron chi connectivity index (χ0n) is 14.6. The van der Waals surface area contributed by atoms with Crippen LogP contribution >= 0.6 is 11.3 Å². The van der Waals surface area contributed by atoms with Gasteiger partial charge in [0.25, 0.3) is 5.91 Å². The number of fused-ring (bicyclic) bond motifs is 1. The minimum atomic E-state index is -0.493. The van der Waals surface area contributed by atoms with Crippen LogP contribution in [-0.4, -0.2) is 50.1 Å². The Morgan fingerprint density at radius 2 is 2.30 bits per heavy atom. The Hall–Kier alpha value is -2.65. The largest absolute Gasteiger partial charge is 0.391 e. The Morgan fingerprint density at radius 1 is 1.44 bits per heavy atom. The number of carbonyl (C=O) groups is 1. The smallest absolute Gasteiger partial charge is 0.274 e. The molecule has 140 valence electrons. The molecule has 1 aliphatic heterocycles. The van der Waals surface area contributed by atoms with Crippen LogP contribution in [0.25, 0.3) is 10.2 Å². The summed E-state index contributed by atoms with van der Waals surface area (Å²) in [4.78, 5) is 27.3. The van der Waals surface area contributed by atoms with Gasteiger partial charge in [0.15, 0.2) is 5.69 Å². The minimum Gasteiger partial charge on any atom is -0.391 e. The second-order valence-corrected chi connectivity index (χ2v) is 7.44. The molecule has 3 aromatic heterocycles. The summed E-state index contributed by atoms with van der Waals surface area (Å²) < 4.78 is 14.1. The van der Waals surface area contributed by atoms with Crippen molar-refractivity contribution in [3.8, 4) is 0 Å². The summed E-state index contributed by atoms with van der Waals surface area (Å²) in [5.41, 5.74) is 1.64. The Balaban J connectivity index is 1.65. The molecule has 1 aliphatic rings. The van der Waals surface area contributed by atoms with E-state index in [9.17, 15) is 14.3 Å². The van der Waals surface area contributed by atoms with E-state index in [4.69, 9.17) is 0 Å². The fraction of sp³-hybridized carbons (Fsp3) is 0.333. The van der Waals surface area contributed by atoms with Crippen LogP contribution in [0.3, 0.4) is 0 Å². The lowest BCUT2D eigenvalue weighted by atomic mass is 10.1. The lowest BCUT2D eigenvalue weighted by Gasteiger charge is -2.17. The van der Waals surface area contributed by atoms with Crippen molar-refractivity contribution < 1.29 is 14.3 Å². The first-order chi connectivity index (χ1) is 13.0. The normalized spacial score (nSPS) is 18.0. The molecule has 0 aromatic carbocycles. The number of aliphatic hydroxyl groups excluding tert-OH is 1. The number of nitrogens with zero attached hydrogens (tertiary/aromatic N) is 4. The van der Waals surface area contributed by atoms with Gasteiger partial charge in [-0.1, -0.05) is 0 Å². The number of anilines is 1. The SMILES string of the molecule is C[C@H](Nc1nc(C(=O)N2CC[C@@H](O)C2)c2sccc2n1)c1cncc(F)c1. The molecule has 0 spiro atoms. The van der Waals surface area contributed by atoms with Crippen molar-refractivity contribution >= 4 is 33.4 Å². The molecular formula is C18H18FN5O2S. The van der Waals surface area contributed by atoms with E-state index in [1.165, 1.54) is 17.4 Å². The fourth-order valence-electron chi connectivity index (χ4n) is 3.09. The molecule has 9 heteroatoms. The highest BCUT2D eigenvalue weighted by Gasteiger charge is 2.28. The van der Waals surface area contributed by atoms with E-state index in [0.29, 0.717) is 46.9 Å². The number of aromatic nitrogens is 3. The molecule has 0 radical (unpaired) electrons. The van der Waals surface area contributed by atoms with Crippen molar-refractivity contribution in [3.05, 3.63) is 47.0 Å². The molecule has 1 amide bonds. The van der Waals surface area contributed by atoms with Crippen molar-refractivity contribution in [2.45, 2.75) is 25.5 Å². The molecule has 1 fully saturated rings. The molecular weight excluding hydrogens is 369 g/mol. The summed E-state index contributed by atoms with van der Waals surface area (Å²) in [6, 6.07) is 2.93. The lowest BCUT2D eigenvalue weighted by molar-refractivity contribution is 0.0761. The van der Waals surface area contributed by atoms with Crippen LogP contribution in [-0.2, 0) is 0 Å². The maximum atomic E-state index is 13.4. The van der Waals surface area contributed by atoms with Gasteiger partial charge >= 0.3 is 0 Å². The zero-order chi connectivity index (χ0) is 19.0. The van der Waals surface area contributed by atoms with Gasteiger partial charge in [-0.15, -0.1) is 11.3 Å². The Labute approximate surface area is 158 Å². The number of likely N-dealkylation sites (tertiary alicyclic amines) is 1. The molecule has 27 heavy (non-hydrogen) atoms. The minimum absolute atomic E-state index is 0.218. The highest BCUT2D eigenvalue weighted by atomic mass is 32.1. The van der Waals surface area contributed by atoms with Gasteiger partial charge in [-0.3, -0.25) is 9.78 Å². The molecule has 1 saturated heterocycles. The van der Waals surface area contributed by atoms with E-state index in [0.717, 1.165) is 6.20 Å². The van der Waals surface area contributed by atoms with E-state index in [-0.39, 0.29) is 11.9 Å². The summed E-state index contributed by atoms with van der Waals surface area (Å²) in [6.45, 7) is 2.66. The van der Waals surface area contributed by atoms with Gasteiger partial charge in [-0.05, 0) is 36.4 Å². The van der Waals surface area contributed by atoms with Crippen LogP contribution in [0.15, 0.2) is 29.9 Å². The maximum Gasteiger partial charge on any atom is 0.274 e. The van der Waals surface area contributed by atoms with Gasteiger partial charge in [0.2, 0.25) is 5.95 Å². The number of β-amino-alcohol motifs (C(OH)–C–C–N with tert-alkyl or cyclic N) is 1. The van der Waals surface area contributed by atoms with Crippen LogP contribution in [0.1, 0.15) is 35.4 Å². The van der Waals surface area contributed by atoms with Gasteiger partial charge in [-0.25, -0.2) is 14.4 Å². The van der Waals surface area contributed by atoms with Gasteiger partial charge < -0.3 is 15.3 Å². The highest BCUT2D eigenvalue weighted by Crippen LogP contribution is 2.27.